The van der Waals surface area contributed by atoms with Crippen LogP contribution < -0.4 is 7.60 Å². The van der Waals surface area contributed by atoms with Gasteiger partial charge in [0.25, 0.3) is 0 Å². The zero-order chi connectivity index (χ0) is 16.5. The van der Waals surface area contributed by atoms with E-state index < -0.39 is 40.4 Å². The summed E-state index contributed by atoms with van der Waals surface area (Å²) in [5.41, 5.74) is 0. The Labute approximate surface area is 152 Å². The summed E-state index contributed by atoms with van der Waals surface area (Å²) in [6, 6.07) is 0. The number of carbonyl (C=O) groups is 2. The quantitative estimate of drug-likeness (QED) is 0.532. The Morgan fingerprint density at radius 3 is 2.19 bits per heavy atom. The molecule has 0 saturated carbocycles. The van der Waals surface area contributed by atoms with Gasteiger partial charge in [-0.2, -0.15) is 0 Å². The van der Waals surface area contributed by atoms with Crippen molar-refractivity contribution in [3.8, 4) is 0 Å². The van der Waals surface area contributed by atoms with Gasteiger partial charge >= 0.3 is 156 Å². The maximum atomic E-state index is 12.0. The van der Waals surface area contributed by atoms with Crippen LogP contribution in [0.2, 0.25) is 15.7 Å². The van der Waals surface area contributed by atoms with E-state index in [4.69, 9.17) is 18.6 Å². The van der Waals surface area contributed by atoms with Crippen molar-refractivity contribution in [3.63, 3.8) is 0 Å². The van der Waals surface area contributed by atoms with E-state index in [0.29, 0.717) is 12.8 Å². The molecule has 0 bridgehead atoms. The van der Waals surface area contributed by atoms with Crippen molar-refractivity contribution >= 4 is 30.4 Å². The van der Waals surface area contributed by atoms with E-state index in [9.17, 15) is 9.59 Å². The number of hydrogen-bond donors (Lipinski definition) is 2. The van der Waals surface area contributed by atoms with Crippen LogP contribution in [0.4, 0.5) is 0 Å². The molecule has 0 atom stereocenters. The summed E-state index contributed by atoms with van der Waals surface area (Å²) < 4.78 is 6.62. The molecule has 1 aliphatic rings. The summed E-state index contributed by atoms with van der Waals surface area (Å²) >= 11 is -3.64. The molecular formula is C9H21Cl2N2O2Ti6. The summed E-state index contributed by atoms with van der Waals surface area (Å²) in [6.07, 6.45) is 1.00. The first-order chi connectivity index (χ1) is 9.42. The molecule has 1 aliphatic heterocycles. The second-order valence-electron chi connectivity index (χ2n) is 5.69. The van der Waals surface area contributed by atoms with E-state index >= 15 is 0 Å². The van der Waals surface area contributed by atoms with Gasteiger partial charge in [0.05, 0.1) is 0 Å². The van der Waals surface area contributed by atoms with E-state index in [1.54, 1.807) is 0 Å². The fraction of sp³-hybridized carbons (Fsp3) is 0.778. The Balaban J connectivity index is 3.12. The van der Waals surface area contributed by atoms with E-state index in [1.807, 2.05) is 13.8 Å². The number of amides is 2. The van der Waals surface area contributed by atoms with E-state index in [-0.39, 0.29) is 37.3 Å². The summed E-state index contributed by atoms with van der Waals surface area (Å²) in [4.78, 5) is 23.9. The van der Waals surface area contributed by atoms with Crippen molar-refractivity contribution < 1.29 is 75.4 Å². The van der Waals surface area contributed by atoms with Crippen molar-refractivity contribution in [1.29, 1.82) is 0 Å². The van der Waals surface area contributed by atoms with Crippen LogP contribution in [0.25, 0.3) is 0 Å². The summed E-state index contributed by atoms with van der Waals surface area (Å²) in [6.45, 7) is 3.76. The zero-order valence-corrected chi connectivity index (χ0v) is 23.9. The van der Waals surface area contributed by atoms with Gasteiger partial charge in [0.15, 0.2) is 0 Å². The average Bonchev–Trinajstić information content (AvgIpc) is 2.33. The van der Waals surface area contributed by atoms with Gasteiger partial charge in [0.1, 0.15) is 0 Å². The predicted octanol–water partition coefficient (Wildman–Crippen LogP) is 3.07. The number of rotatable bonds is 4. The Hall–Kier alpha value is 3.81. The molecule has 117 valence electrons. The molecule has 0 spiro atoms. The molecule has 0 aliphatic carbocycles. The SMILES string of the molecule is CCC(=O)[NH][Ti]1[Ti][Ti]([CH3])([CH3])[Ti][Ti]([Cl])([Cl])([NH]C(=O)CC)[Ti]1[CH3]. The molecule has 0 aromatic carbocycles. The van der Waals surface area contributed by atoms with E-state index in [1.165, 1.54) is 0 Å². The summed E-state index contributed by atoms with van der Waals surface area (Å²) in [5, 5.41) is 7.21. The number of nitrogens with one attached hydrogen (secondary N) is 2. The van der Waals surface area contributed by atoms with Crippen LogP contribution in [0.3, 0.4) is 0 Å². The molecule has 0 aromatic rings. The van der Waals surface area contributed by atoms with Crippen LogP contribution in [0.5, 0.6) is 0 Å². The van der Waals surface area contributed by atoms with Crippen LogP contribution >= 0.6 is 18.6 Å². The Morgan fingerprint density at radius 2 is 1.71 bits per heavy atom. The molecule has 0 aromatic heterocycles. The van der Waals surface area contributed by atoms with Gasteiger partial charge in [-0.3, -0.25) is 0 Å². The van der Waals surface area contributed by atoms with Crippen LogP contribution in [-0.4, -0.2) is 11.8 Å². The van der Waals surface area contributed by atoms with Crippen LogP contribution in [0.1, 0.15) is 26.7 Å². The Bertz CT molecular complexity index is 450. The number of hydrogen-bond acceptors (Lipinski definition) is 2. The van der Waals surface area contributed by atoms with E-state index in [0.717, 1.165) is 0 Å². The molecule has 12 heteroatoms. The summed E-state index contributed by atoms with van der Waals surface area (Å²) in [5.74, 6) is 0.219. The van der Waals surface area contributed by atoms with Crippen molar-refractivity contribution in [1.82, 2.24) is 7.60 Å². The van der Waals surface area contributed by atoms with Gasteiger partial charge in [0, 0.05) is 0 Å². The van der Waals surface area contributed by atoms with Gasteiger partial charge in [-0.15, -0.1) is 0 Å². The van der Waals surface area contributed by atoms with Crippen molar-refractivity contribution in [2.75, 3.05) is 0 Å². The molecular weight excluding hydrogens is 526 g/mol. The molecule has 0 radical (unpaired) electrons. The molecule has 21 heavy (non-hydrogen) atoms. The topological polar surface area (TPSA) is 58.2 Å². The molecule has 2 amide bonds. The molecule has 1 heterocycles. The molecule has 2 N–H and O–H groups in total. The molecule has 4 nitrogen and oxygen atoms in total. The Morgan fingerprint density at radius 1 is 1.19 bits per heavy atom. The third-order valence-corrected chi connectivity index (χ3v) is 239. The minimum absolute atomic E-state index is 0.0264. The minimum atomic E-state index is -3.77. The first-order valence-corrected chi connectivity index (χ1v) is 41.5. The first kappa shape index (κ1) is 22.8. The molecule has 1 rings (SSSR count). The van der Waals surface area contributed by atoms with Gasteiger partial charge in [0.2, 0.25) is 0 Å². The zero-order valence-electron chi connectivity index (χ0n) is 13.0. The summed E-state index contributed by atoms with van der Waals surface area (Å²) in [7, 11) is 8.73. The number of carbonyl (C=O) groups excluding carboxylic acids is 2. The third kappa shape index (κ3) is 6.48. The fourth-order valence-corrected chi connectivity index (χ4v) is 537. The number of halogens is 2. The Kier molecular flexibility index (Phi) is 9.42. The second kappa shape index (κ2) is 8.66. The van der Waals surface area contributed by atoms with Crippen molar-refractivity contribution in [2.45, 2.75) is 42.4 Å². The van der Waals surface area contributed by atoms with Crippen molar-refractivity contribution in [3.05, 3.63) is 0 Å². The molecule has 1 fully saturated rings. The average molecular weight is 547 g/mol. The van der Waals surface area contributed by atoms with Crippen LogP contribution in [0.15, 0.2) is 0 Å². The predicted molar refractivity (Wildman–Crippen MR) is 66.2 cm³/mol. The third-order valence-electron chi connectivity index (χ3n) is 3.27. The van der Waals surface area contributed by atoms with Gasteiger partial charge in [-0.25, -0.2) is 0 Å². The fourth-order valence-electron chi connectivity index (χ4n) is 2.11. The van der Waals surface area contributed by atoms with E-state index in [2.05, 4.69) is 23.3 Å². The normalized spacial score (nSPS) is 23.9. The maximum absolute atomic E-state index is 12.0. The van der Waals surface area contributed by atoms with Gasteiger partial charge < -0.3 is 0 Å². The second-order valence-corrected chi connectivity index (χ2v) is 115. The van der Waals surface area contributed by atoms with Gasteiger partial charge in [-0.1, -0.05) is 0 Å². The van der Waals surface area contributed by atoms with Crippen LogP contribution in [0, 0.1) is 0 Å². The molecule has 0 unspecified atom stereocenters. The van der Waals surface area contributed by atoms with Gasteiger partial charge in [-0.05, 0) is 0 Å². The monoisotopic (exact) mass is 547 g/mol. The molecule has 1 saturated heterocycles. The van der Waals surface area contributed by atoms with Crippen molar-refractivity contribution in [2.24, 2.45) is 0 Å². The van der Waals surface area contributed by atoms with Crippen LogP contribution in [-0.2, 0) is 75.4 Å². The first-order valence-electron chi connectivity index (χ1n) is 6.91. The standard InChI is InChI=1S/2C3H7NO.3CH3.2ClH.6Ti/c2*1-2-3(4)5;;;;;;;;;;;/h2*2H2,1H3,(H2,4,5);3*1H3;2*1H;;;;;;/q;;;;;;;;;;;+1;+3/p-4.